The van der Waals surface area contributed by atoms with E-state index in [0.717, 1.165) is 5.56 Å². The van der Waals surface area contributed by atoms with Crippen LogP contribution < -0.4 is 9.64 Å². The maximum atomic E-state index is 12.7. The number of fused-ring (bicyclic) bond motifs is 1. The number of amides is 2. The monoisotopic (exact) mass is 358 g/mol. The van der Waals surface area contributed by atoms with E-state index in [1.54, 1.807) is 30.1 Å². The van der Waals surface area contributed by atoms with Gasteiger partial charge in [-0.3, -0.25) is 14.5 Å². The summed E-state index contributed by atoms with van der Waals surface area (Å²) in [7, 11) is 1.74. The summed E-state index contributed by atoms with van der Waals surface area (Å²) in [5.74, 6) is 0.136. The van der Waals surface area contributed by atoms with Gasteiger partial charge in [0.2, 0.25) is 5.91 Å². The summed E-state index contributed by atoms with van der Waals surface area (Å²) in [6.07, 6.45) is 0. The highest BCUT2D eigenvalue weighted by molar-refractivity contribution is 6.31. The van der Waals surface area contributed by atoms with Gasteiger partial charge in [-0.25, -0.2) is 0 Å². The van der Waals surface area contributed by atoms with Gasteiger partial charge in [0.05, 0.1) is 11.7 Å². The highest BCUT2D eigenvalue weighted by atomic mass is 35.5. The number of hydrogen-bond donors (Lipinski definition) is 0. The molecule has 0 aliphatic carbocycles. The molecule has 130 valence electrons. The van der Waals surface area contributed by atoms with Crippen molar-refractivity contribution in [1.29, 1.82) is 0 Å². The van der Waals surface area contributed by atoms with Gasteiger partial charge in [0.1, 0.15) is 12.3 Å². The molecule has 1 unspecified atom stereocenters. The molecule has 2 amide bonds. The third-order valence-corrected chi connectivity index (χ3v) is 4.65. The summed E-state index contributed by atoms with van der Waals surface area (Å²) in [5, 5.41) is 0.487. The lowest BCUT2D eigenvalue weighted by Crippen LogP contribution is -2.46. The fourth-order valence-electron chi connectivity index (χ4n) is 2.77. The Bertz CT molecular complexity index is 795. The molecule has 3 rings (SSSR count). The van der Waals surface area contributed by atoms with E-state index in [1.165, 1.54) is 4.90 Å². The van der Waals surface area contributed by atoms with Gasteiger partial charge >= 0.3 is 0 Å². The van der Waals surface area contributed by atoms with Gasteiger partial charge < -0.3 is 9.64 Å². The molecule has 0 bridgehead atoms. The van der Waals surface area contributed by atoms with Crippen molar-refractivity contribution >= 4 is 29.1 Å². The first-order valence-corrected chi connectivity index (χ1v) is 8.38. The van der Waals surface area contributed by atoms with Gasteiger partial charge in [0.25, 0.3) is 5.91 Å². The van der Waals surface area contributed by atoms with Crippen molar-refractivity contribution in [2.75, 3.05) is 25.1 Å². The Hall–Kier alpha value is -2.53. The molecule has 25 heavy (non-hydrogen) atoms. The zero-order chi connectivity index (χ0) is 18.0. The average Bonchev–Trinajstić information content (AvgIpc) is 2.63. The molecule has 0 N–H and O–H groups in total. The van der Waals surface area contributed by atoms with Crippen LogP contribution in [0.25, 0.3) is 0 Å². The fraction of sp³-hybridized carbons (Fsp3) is 0.263. The van der Waals surface area contributed by atoms with E-state index in [0.29, 0.717) is 16.5 Å². The molecule has 0 aromatic heterocycles. The van der Waals surface area contributed by atoms with Crippen molar-refractivity contribution in [2.45, 2.75) is 13.0 Å². The summed E-state index contributed by atoms with van der Waals surface area (Å²) in [5.41, 5.74) is 1.56. The van der Waals surface area contributed by atoms with Crippen molar-refractivity contribution in [3.8, 4) is 5.75 Å². The second kappa shape index (κ2) is 7.15. The van der Waals surface area contributed by atoms with Gasteiger partial charge in [-0.1, -0.05) is 41.9 Å². The predicted octanol–water partition coefficient (Wildman–Crippen LogP) is 3.29. The van der Waals surface area contributed by atoms with E-state index >= 15 is 0 Å². The first kappa shape index (κ1) is 17.3. The second-order valence-electron chi connectivity index (χ2n) is 5.97. The van der Waals surface area contributed by atoms with Crippen LogP contribution in [0.4, 0.5) is 5.69 Å². The van der Waals surface area contributed by atoms with E-state index in [1.807, 2.05) is 37.3 Å². The summed E-state index contributed by atoms with van der Waals surface area (Å²) in [6, 6.07) is 14.7. The average molecular weight is 359 g/mol. The SMILES string of the molecule is CC(c1ccccc1)N(C)C(=O)CN1C(=O)COc2ccc(Cl)cc21. The minimum absolute atomic E-state index is 0.0524. The molecule has 1 aliphatic rings. The molecule has 6 heteroatoms. The molecular formula is C19H19ClN2O3. The Morgan fingerprint density at radius 2 is 2.00 bits per heavy atom. The molecule has 0 spiro atoms. The molecule has 1 aliphatic heterocycles. The Morgan fingerprint density at radius 3 is 2.72 bits per heavy atom. The van der Waals surface area contributed by atoms with Crippen LogP contribution in [0.5, 0.6) is 5.75 Å². The molecule has 2 aromatic carbocycles. The number of ether oxygens (including phenoxy) is 1. The van der Waals surface area contributed by atoms with Crippen molar-refractivity contribution in [3.63, 3.8) is 0 Å². The molecule has 1 atom stereocenters. The van der Waals surface area contributed by atoms with E-state index in [9.17, 15) is 9.59 Å². The number of benzene rings is 2. The van der Waals surface area contributed by atoms with Gasteiger partial charge in [-0.2, -0.15) is 0 Å². The van der Waals surface area contributed by atoms with Crippen LogP contribution in [0.15, 0.2) is 48.5 Å². The van der Waals surface area contributed by atoms with Gasteiger partial charge in [-0.05, 0) is 30.7 Å². The molecule has 0 saturated carbocycles. The second-order valence-corrected chi connectivity index (χ2v) is 6.41. The predicted molar refractivity (Wildman–Crippen MR) is 96.9 cm³/mol. The van der Waals surface area contributed by atoms with Crippen molar-refractivity contribution in [2.24, 2.45) is 0 Å². The zero-order valence-corrected chi connectivity index (χ0v) is 14.9. The van der Waals surface area contributed by atoms with Gasteiger partial charge in [0, 0.05) is 12.1 Å². The van der Waals surface area contributed by atoms with E-state index in [-0.39, 0.29) is 31.0 Å². The molecule has 5 nitrogen and oxygen atoms in total. The van der Waals surface area contributed by atoms with Crippen LogP contribution in [0.1, 0.15) is 18.5 Å². The van der Waals surface area contributed by atoms with Crippen LogP contribution in [-0.4, -0.2) is 36.9 Å². The van der Waals surface area contributed by atoms with Crippen molar-refractivity contribution < 1.29 is 14.3 Å². The fourth-order valence-corrected chi connectivity index (χ4v) is 2.93. The largest absolute Gasteiger partial charge is 0.482 e. The van der Waals surface area contributed by atoms with Crippen LogP contribution in [0.3, 0.4) is 0 Å². The quantitative estimate of drug-likeness (QED) is 0.842. The third kappa shape index (κ3) is 3.61. The Labute approximate surface area is 151 Å². The van der Waals surface area contributed by atoms with E-state index < -0.39 is 0 Å². The minimum atomic E-state index is -0.260. The summed E-state index contributed by atoms with van der Waals surface area (Å²) >= 11 is 6.03. The smallest absolute Gasteiger partial charge is 0.265 e. The molecule has 2 aromatic rings. The number of halogens is 1. The van der Waals surface area contributed by atoms with Crippen LogP contribution >= 0.6 is 11.6 Å². The molecule has 0 fully saturated rings. The van der Waals surface area contributed by atoms with E-state index in [4.69, 9.17) is 16.3 Å². The highest BCUT2D eigenvalue weighted by Crippen LogP contribution is 2.34. The molecule has 0 saturated heterocycles. The lowest BCUT2D eigenvalue weighted by Gasteiger charge is -2.32. The van der Waals surface area contributed by atoms with Crippen LogP contribution in [0.2, 0.25) is 5.02 Å². The normalized spacial score (nSPS) is 14.5. The Kier molecular flexibility index (Phi) is 4.95. The lowest BCUT2D eigenvalue weighted by molar-refractivity contribution is -0.132. The number of hydrogen-bond acceptors (Lipinski definition) is 3. The number of anilines is 1. The van der Waals surface area contributed by atoms with Crippen LogP contribution in [-0.2, 0) is 9.59 Å². The maximum absolute atomic E-state index is 12.7. The number of carbonyl (C=O) groups excluding carboxylic acids is 2. The first-order chi connectivity index (χ1) is 12.0. The Balaban J connectivity index is 1.79. The Morgan fingerprint density at radius 1 is 1.28 bits per heavy atom. The summed E-state index contributed by atoms with van der Waals surface area (Å²) < 4.78 is 5.41. The third-order valence-electron chi connectivity index (χ3n) is 4.41. The molecular weight excluding hydrogens is 340 g/mol. The summed E-state index contributed by atoms with van der Waals surface area (Å²) in [4.78, 5) is 28.1. The minimum Gasteiger partial charge on any atom is -0.482 e. The number of carbonyl (C=O) groups is 2. The highest BCUT2D eigenvalue weighted by Gasteiger charge is 2.29. The first-order valence-electron chi connectivity index (χ1n) is 8.00. The number of likely N-dealkylation sites (N-methyl/N-ethyl adjacent to an activating group) is 1. The molecule has 1 heterocycles. The standard InChI is InChI=1S/C19H19ClN2O3/c1-13(14-6-4-3-5-7-14)21(2)18(23)11-22-16-10-15(20)8-9-17(16)25-12-19(22)24/h3-10,13H,11-12H2,1-2H3. The van der Waals surface area contributed by atoms with Gasteiger partial charge in [-0.15, -0.1) is 0 Å². The molecule has 0 radical (unpaired) electrons. The maximum Gasteiger partial charge on any atom is 0.265 e. The van der Waals surface area contributed by atoms with Gasteiger partial charge in [0.15, 0.2) is 6.61 Å². The lowest BCUT2D eigenvalue weighted by atomic mass is 10.1. The summed E-state index contributed by atoms with van der Waals surface area (Å²) in [6.45, 7) is 1.82. The van der Waals surface area contributed by atoms with Crippen LogP contribution in [0, 0.1) is 0 Å². The van der Waals surface area contributed by atoms with Crippen molar-refractivity contribution in [1.82, 2.24) is 4.90 Å². The number of rotatable bonds is 4. The van der Waals surface area contributed by atoms with Crippen molar-refractivity contribution in [3.05, 3.63) is 59.1 Å². The zero-order valence-electron chi connectivity index (χ0n) is 14.1. The topological polar surface area (TPSA) is 49.9 Å². The number of nitrogens with zero attached hydrogens (tertiary/aromatic N) is 2. The van der Waals surface area contributed by atoms with E-state index in [2.05, 4.69) is 0 Å².